The van der Waals surface area contributed by atoms with Crippen molar-refractivity contribution in [2.75, 3.05) is 6.54 Å². The second-order valence-electron chi connectivity index (χ2n) is 3.54. The summed E-state index contributed by atoms with van der Waals surface area (Å²) in [6, 6.07) is 4.30. The van der Waals surface area contributed by atoms with Crippen LogP contribution in [-0.2, 0) is 6.54 Å². The van der Waals surface area contributed by atoms with Crippen LogP contribution in [0.3, 0.4) is 0 Å². The molecule has 0 fully saturated rings. The van der Waals surface area contributed by atoms with Gasteiger partial charge >= 0.3 is 0 Å². The highest BCUT2D eigenvalue weighted by Crippen LogP contribution is 2.14. The molecule has 0 amide bonds. The quantitative estimate of drug-likeness (QED) is 0.711. The van der Waals surface area contributed by atoms with E-state index in [1.54, 1.807) is 0 Å². The molecule has 80 valence electrons. The zero-order chi connectivity index (χ0) is 10.4. The summed E-state index contributed by atoms with van der Waals surface area (Å²) in [5, 5.41) is 12.7. The number of hydrogen-bond acceptors (Lipinski definition) is 3. The maximum Gasteiger partial charge on any atom is 0.0549 e. The van der Waals surface area contributed by atoms with E-state index in [2.05, 4.69) is 24.4 Å². The minimum absolute atomic E-state index is 0.146. The first-order valence-electron chi connectivity index (χ1n) is 5.16. The van der Waals surface area contributed by atoms with Crippen LogP contribution in [0.5, 0.6) is 0 Å². The Morgan fingerprint density at radius 2 is 2.29 bits per heavy atom. The van der Waals surface area contributed by atoms with Crippen LogP contribution in [0.25, 0.3) is 0 Å². The SMILES string of the molecule is CCC(O)CCNCc1ccc(C)s1. The third-order valence-electron chi connectivity index (χ3n) is 2.22. The van der Waals surface area contributed by atoms with Crippen molar-refractivity contribution in [3.05, 3.63) is 21.9 Å². The molecule has 2 nitrogen and oxygen atoms in total. The molecule has 0 saturated heterocycles. The minimum Gasteiger partial charge on any atom is -0.393 e. The van der Waals surface area contributed by atoms with Gasteiger partial charge in [0.15, 0.2) is 0 Å². The molecule has 0 saturated carbocycles. The summed E-state index contributed by atoms with van der Waals surface area (Å²) >= 11 is 1.83. The first kappa shape index (κ1) is 11.7. The molecule has 1 aromatic rings. The molecule has 0 aliphatic rings. The van der Waals surface area contributed by atoms with E-state index in [4.69, 9.17) is 0 Å². The second kappa shape index (κ2) is 6.17. The van der Waals surface area contributed by atoms with Gasteiger partial charge in [-0.05, 0) is 38.4 Å². The molecule has 14 heavy (non-hydrogen) atoms. The number of rotatable bonds is 6. The molecule has 3 heteroatoms. The Labute approximate surface area is 90.0 Å². The lowest BCUT2D eigenvalue weighted by Gasteiger charge is -2.07. The predicted molar refractivity (Wildman–Crippen MR) is 61.7 cm³/mol. The molecule has 0 bridgehead atoms. The Balaban J connectivity index is 2.10. The van der Waals surface area contributed by atoms with Crippen LogP contribution in [0.4, 0.5) is 0 Å². The van der Waals surface area contributed by atoms with E-state index in [9.17, 15) is 5.11 Å². The van der Waals surface area contributed by atoms with Crippen LogP contribution in [-0.4, -0.2) is 17.8 Å². The molecule has 0 radical (unpaired) electrons. The van der Waals surface area contributed by atoms with Crippen molar-refractivity contribution in [1.82, 2.24) is 5.32 Å². The smallest absolute Gasteiger partial charge is 0.0549 e. The van der Waals surface area contributed by atoms with E-state index >= 15 is 0 Å². The van der Waals surface area contributed by atoms with Gasteiger partial charge in [0.05, 0.1) is 6.10 Å². The third kappa shape index (κ3) is 4.22. The maximum absolute atomic E-state index is 9.32. The van der Waals surface area contributed by atoms with Crippen molar-refractivity contribution in [2.24, 2.45) is 0 Å². The van der Waals surface area contributed by atoms with Crippen LogP contribution in [0, 0.1) is 6.92 Å². The number of nitrogens with one attached hydrogen (secondary N) is 1. The Kier molecular flexibility index (Phi) is 5.15. The number of hydrogen-bond donors (Lipinski definition) is 2. The van der Waals surface area contributed by atoms with Gasteiger partial charge in [-0.3, -0.25) is 0 Å². The van der Waals surface area contributed by atoms with Crippen LogP contribution in [0.2, 0.25) is 0 Å². The molecule has 2 N–H and O–H groups in total. The van der Waals surface area contributed by atoms with E-state index in [1.165, 1.54) is 9.75 Å². The van der Waals surface area contributed by atoms with Gasteiger partial charge in [-0.15, -0.1) is 11.3 Å². The molecule has 1 unspecified atom stereocenters. The first-order valence-corrected chi connectivity index (χ1v) is 5.98. The van der Waals surface area contributed by atoms with Gasteiger partial charge in [-0.25, -0.2) is 0 Å². The van der Waals surface area contributed by atoms with Gasteiger partial charge < -0.3 is 10.4 Å². The van der Waals surface area contributed by atoms with Crippen molar-refractivity contribution in [2.45, 2.75) is 39.3 Å². The maximum atomic E-state index is 9.32. The topological polar surface area (TPSA) is 32.3 Å². The average molecular weight is 213 g/mol. The Hall–Kier alpha value is -0.380. The molecule has 1 atom stereocenters. The summed E-state index contributed by atoms with van der Waals surface area (Å²) in [4.78, 5) is 2.73. The molecule has 1 heterocycles. The molecule has 0 aromatic carbocycles. The summed E-state index contributed by atoms with van der Waals surface area (Å²) in [5.74, 6) is 0. The highest BCUT2D eigenvalue weighted by atomic mass is 32.1. The monoisotopic (exact) mass is 213 g/mol. The highest BCUT2D eigenvalue weighted by molar-refractivity contribution is 7.11. The summed E-state index contributed by atoms with van der Waals surface area (Å²) in [6.07, 6.45) is 1.55. The highest BCUT2D eigenvalue weighted by Gasteiger charge is 2.00. The van der Waals surface area contributed by atoms with Gasteiger partial charge in [0.1, 0.15) is 0 Å². The fraction of sp³-hybridized carbons (Fsp3) is 0.636. The van der Waals surface area contributed by atoms with E-state index in [1.807, 2.05) is 18.3 Å². The van der Waals surface area contributed by atoms with Gasteiger partial charge in [-0.1, -0.05) is 6.92 Å². The van der Waals surface area contributed by atoms with Crippen LogP contribution < -0.4 is 5.32 Å². The molecule has 0 spiro atoms. The molecule has 1 rings (SSSR count). The van der Waals surface area contributed by atoms with Crippen molar-refractivity contribution in [1.29, 1.82) is 0 Å². The van der Waals surface area contributed by atoms with E-state index < -0.39 is 0 Å². The lowest BCUT2D eigenvalue weighted by atomic mass is 10.2. The number of thiophene rings is 1. The zero-order valence-corrected chi connectivity index (χ0v) is 9.73. The Bertz CT molecular complexity index is 260. The number of aliphatic hydroxyl groups excluding tert-OH is 1. The van der Waals surface area contributed by atoms with E-state index in [-0.39, 0.29) is 6.10 Å². The van der Waals surface area contributed by atoms with Gasteiger partial charge in [0, 0.05) is 16.3 Å². The predicted octanol–water partition coefficient (Wildman–Crippen LogP) is 2.31. The van der Waals surface area contributed by atoms with Crippen LogP contribution in [0.15, 0.2) is 12.1 Å². The molecule has 0 aliphatic carbocycles. The second-order valence-corrected chi connectivity index (χ2v) is 4.91. The first-order chi connectivity index (χ1) is 6.72. The minimum atomic E-state index is -0.146. The van der Waals surface area contributed by atoms with Gasteiger partial charge in [0.2, 0.25) is 0 Å². The average Bonchev–Trinajstić information content (AvgIpc) is 2.58. The number of aryl methyl sites for hydroxylation is 1. The fourth-order valence-corrected chi connectivity index (χ4v) is 2.12. The van der Waals surface area contributed by atoms with E-state index in [0.29, 0.717) is 0 Å². The number of aliphatic hydroxyl groups is 1. The third-order valence-corrected chi connectivity index (χ3v) is 3.22. The lowest BCUT2D eigenvalue weighted by Crippen LogP contribution is -2.19. The molecule has 1 aromatic heterocycles. The van der Waals surface area contributed by atoms with Crippen molar-refractivity contribution < 1.29 is 5.11 Å². The summed E-state index contributed by atoms with van der Waals surface area (Å²) in [6.45, 7) is 5.95. The molecule has 0 aliphatic heterocycles. The van der Waals surface area contributed by atoms with Crippen LogP contribution in [0.1, 0.15) is 29.5 Å². The van der Waals surface area contributed by atoms with Crippen molar-refractivity contribution in [3.8, 4) is 0 Å². The van der Waals surface area contributed by atoms with Gasteiger partial charge in [-0.2, -0.15) is 0 Å². The Morgan fingerprint density at radius 3 is 2.86 bits per heavy atom. The molecular weight excluding hydrogens is 194 g/mol. The lowest BCUT2D eigenvalue weighted by molar-refractivity contribution is 0.160. The standard InChI is InChI=1S/C11H19NOS/c1-3-10(13)6-7-12-8-11-5-4-9(2)14-11/h4-5,10,12-13H,3,6-8H2,1-2H3. The van der Waals surface area contributed by atoms with Gasteiger partial charge in [0.25, 0.3) is 0 Å². The fourth-order valence-electron chi connectivity index (χ4n) is 1.26. The Morgan fingerprint density at radius 1 is 1.50 bits per heavy atom. The van der Waals surface area contributed by atoms with Crippen molar-refractivity contribution >= 4 is 11.3 Å². The normalized spacial score (nSPS) is 13.1. The molecular formula is C11H19NOS. The zero-order valence-electron chi connectivity index (χ0n) is 8.92. The van der Waals surface area contributed by atoms with Crippen molar-refractivity contribution in [3.63, 3.8) is 0 Å². The summed E-state index contributed by atoms with van der Waals surface area (Å²) in [5.41, 5.74) is 0. The van der Waals surface area contributed by atoms with Crippen LogP contribution >= 0.6 is 11.3 Å². The van der Waals surface area contributed by atoms with E-state index in [0.717, 1.165) is 25.9 Å². The summed E-state index contributed by atoms with van der Waals surface area (Å²) in [7, 11) is 0. The summed E-state index contributed by atoms with van der Waals surface area (Å²) < 4.78 is 0. The largest absolute Gasteiger partial charge is 0.393 e.